The molecule has 0 spiro atoms. The molecular formula is C17H22BrNO2. The number of piperidine rings is 1. The Hall–Kier alpha value is -1.29. The Labute approximate surface area is 134 Å². The molecule has 114 valence electrons. The fourth-order valence-electron chi connectivity index (χ4n) is 2.91. The van der Waals surface area contributed by atoms with E-state index in [2.05, 4.69) is 40.7 Å². The van der Waals surface area contributed by atoms with Crippen molar-refractivity contribution in [2.75, 3.05) is 18.0 Å². The highest BCUT2D eigenvalue weighted by molar-refractivity contribution is 9.10. The summed E-state index contributed by atoms with van der Waals surface area (Å²) in [5, 5.41) is 8.83. The van der Waals surface area contributed by atoms with Gasteiger partial charge in [0.15, 0.2) is 0 Å². The lowest BCUT2D eigenvalue weighted by molar-refractivity contribution is -0.131. The van der Waals surface area contributed by atoms with E-state index in [0.29, 0.717) is 0 Å². The van der Waals surface area contributed by atoms with E-state index in [1.807, 2.05) is 12.1 Å². The summed E-state index contributed by atoms with van der Waals surface area (Å²) in [7, 11) is 0. The highest BCUT2D eigenvalue weighted by Crippen LogP contribution is 2.31. The Morgan fingerprint density at radius 1 is 1.38 bits per heavy atom. The van der Waals surface area contributed by atoms with Crippen molar-refractivity contribution in [3.63, 3.8) is 0 Å². The number of aliphatic carboxylic acids is 1. The molecule has 1 fully saturated rings. The summed E-state index contributed by atoms with van der Waals surface area (Å²) in [6.07, 6.45) is 5.29. The number of nitrogens with zero attached hydrogens (tertiary/aromatic N) is 1. The molecular weight excluding hydrogens is 330 g/mol. The minimum atomic E-state index is -0.917. The summed E-state index contributed by atoms with van der Waals surface area (Å²) in [5.74, 6) is 0.623. The van der Waals surface area contributed by atoms with Gasteiger partial charge in [0.05, 0.1) is 0 Å². The predicted molar refractivity (Wildman–Crippen MR) is 90.6 cm³/mol. The monoisotopic (exact) mass is 351 g/mol. The molecule has 1 aliphatic rings. The van der Waals surface area contributed by atoms with Crippen LogP contribution in [0, 0.1) is 11.8 Å². The molecule has 1 aromatic carbocycles. The van der Waals surface area contributed by atoms with E-state index >= 15 is 0 Å². The molecule has 2 rings (SSSR count). The van der Waals surface area contributed by atoms with Gasteiger partial charge in [0.1, 0.15) is 0 Å². The number of benzene rings is 1. The molecule has 0 bridgehead atoms. The summed E-state index contributed by atoms with van der Waals surface area (Å²) in [6, 6.07) is 6.06. The zero-order valence-corrected chi connectivity index (χ0v) is 14.1. The molecule has 0 atom stereocenters. The second-order valence-corrected chi connectivity index (χ2v) is 6.86. The highest BCUT2D eigenvalue weighted by atomic mass is 79.9. The van der Waals surface area contributed by atoms with Crippen LogP contribution in [-0.4, -0.2) is 24.2 Å². The SMILES string of the molecule is CC(C)C1CCN(c2ccc(Br)cc2/C=C/C(=O)O)CC1. The molecule has 0 radical (unpaired) electrons. The van der Waals surface area contributed by atoms with E-state index in [0.717, 1.165) is 40.6 Å². The first kappa shape index (κ1) is 16.1. The number of anilines is 1. The Bertz CT molecular complexity index is 532. The molecule has 1 heterocycles. The molecule has 0 aliphatic carbocycles. The summed E-state index contributed by atoms with van der Waals surface area (Å²) in [5.41, 5.74) is 2.08. The van der Waals surface area contributed by atoms with Crippen molar-refractivity contribution in [1.82, 2.24) is 0 Å². The quantitative estimate of drug-likeness (QED) is 0.816. The molecule has 3 nitrogen and oxygen atoms in total. The van der Waals surface area contributed by atoms with Crippen molar-refractivity contribution in [1.29, 1.82) is 0 Å². The number of halogens is 1. The zero-order chi connectivity index (χ0) is 15.4. The molecule has 1 N–H and O–H groups in total. The van der Waals surface area contributed by atoms with Crippen LogP contribution in [0.25, 0.3) is 6.08 Å². The average molecular weight is 352 g/mol. The summed E-state index contributed by atoms with van der Waals surface area (Å²) in [6.45, 7) is 6.67. The number of carboxylic acids is 1. The topological polar surface area (TPSA) is 40.5 Å². The lowest BCUT2D eigenvalue weighted by Crippen LogP contribution is -2.35. The minimum absolute atomic E-state index is 0.739. The van der Waals surface area contributed by atoms with Gasteiger partial charge in [-0.3, -0.25) is 0 Å². The lowest BCUT2D eigenvalue weighted by atomic mass is 9.86. The van der Waals surface area contributed by atoms with Crippen LogP contribution in [-0.2, 0) is 4.79 Å². The van der Waals surface area contributed by atoms with Crippen LogP contribution >= 0.6 is 15.9 Å². The molecule has 1 saturated heterocycles. The Morgan fingerprint density at radius 3 is 2.62 bits per heavy atom. The van der Waals surface area contributed by atoms with Crippen molar-refractivity contribution in [3.8, 4) is 0 Å². The normalized spacial score (nSPS) is 16.9. The van der Waals surface area contributed by atoms with Crippen LogP contribution in [0.3, 0.4) is 0 Å². The smallest absolute Gasteiger partial charge is 0.328 e. The maximum absolute atomic E-state index is 10.8. The van der Waals surface area contributed by atoms with Gasteiger partial charge in [0, 0.05) is 29.3 Å². The van der Waals surface area contributed by atoms with Gasteiger partial charge in [0.25, 0.3) is 0 Å². The van der Waals surface area contributed by atoms with Crippen LogP contribution in [0.4, 0.5) is 5.69 Å². The third kappa shape index (κ3) is 4.34. The van der Waals surface area contributed by atoms with E-state index in [9.17, 15) is 4.79 Å². The van der Waals surface area contributed by atoms with Crippen LogP contribution in [0.5, 0.6) is 0 Å². The van der Waals surface area contributed by atoms with Gasteiger partial charge < -0.3 is 10.0 Å². The van der Waals surface area contributed by atoms with E-state index in [-0.39, 0.29) is 0 Å². The van der Waals surface area contributed by atoms with Gasteiger partial charge in [0.2, 0.25) is 0 Å². The lowest BCUT2D eigenvalue weighted by Gasteiger charge is -2.36. The number of carboxylic acid groups (broad SMARTS) is 1. The molecule has 0 aromatic heterocycles. The van der Waals surface area contributed by atoms with Crippen molar-refractivity contribution >= 4 is 33.7 Å². The highest BCUT2D eigenvalue weighted by Gasteiger charge is 2.22. The van der Waals surface area contributed by atoms with Gasteiger partial charge in [-0.05, 0) is 54.5 Å². The van der Waals surface area contributed by atoms with Crippen molar-refractivity contribution < 1.29 is 9.90 Å². The van der Waals surface area contributed by atoms with Gasteiger partial charge >= 0.3 is 5.97 Å². The first-order chi connectivity index (χ1) is 9.97. The molecule has 0 unspecified atom stereocenters. The third-order valence-electron chi connectivity index (χ3n) is 4.22. The second kappa shape index (κ2) is 7.12. The van der Waals surface area contributed by atoms with E-state index in [1.54, 1.807) is 6.08 Å². The van der Waals surface area contributed by atoms with Crippen molar-refractivity contribution in [2.45, 2.75) is 26.7 Å². The molecule has 0 amide bonds. The first-order valence-corrected chi connectivity index (χ1v) is 8.22. The van der Waals surface area contributed by atoms with Crippen LogP contribution < -0.4 is 4.90 Å². The molecule has 0 saturated carbocycles. The predicted octanol–water partition coefficient (Wildman–Crippen LogP) is 4.42. The van der Waals surface area contributed by atoms with Crippen LogP contribution in [0.2, 0.25) is 0 Å². The summed E-state index contributed by atoms with van der Waals surface area (Å²) >= 11 is 3.46. The van der Waals surface area contributed by atoms with Crippen LogP contribution in [0.1, 0.15) is 32.3 Å². The van der Waals surface area contributed by atoms with E-state index in [1.165, 1.54) is 18.9 Å². The second-order valence-electron chi connectivity index (χ2n) is 5.94. The third-order valence-corrected chi connectivity index (χ3v) is 4.71. The Kier molecular flexibility index (Phi) is 5.45. The maximum Gasteiger partial charge on any atom is 0.328 e. The largest absolute Gasteiger partial charge is 0.478 e. The average Bonchev–Trinajstić information content (AvgIpc) is 2.45. The van der Waals surface area contributed by atoms with Gasteiger partial charge in [-0.25, -0.2) is 4.79 Å². The zero-order valence-electron chi connectivity index (χ0n) is 12.6. The number of hydrogen-bond acceptors (Lipinski definition) is 2. The molecule has 21 heavy (non-hydrogen) atoms. The van der Waals surface area contributed by atoms with Gasteiger partial charge in [-0.2, -0.15) is 0 Å². The standard InChI is InChI=1S/C17H22BrNO2/c1-12(2)13-7-9-19(10-8-13)16-5-4-15(18)11-14(16)3-6-17(20)21/h3-6,11-13H,7-10H2,1-2H3,(H,20,21)/b6-3+. The maximum atomic E-state index is 10.8. The van der Waals surface area contributed by atoms with Gasteiger partial charge in [-0.1, -0.05) is 29.8 Å². The summed E-state index contributed by atoms with van der Waals surface area (Å²) < 4.78 is 0.966. The fraction of sp³-hybridized carbons (Fsp3) is 0.471. The number of rotatable bonds is 4. The number of carbonyl (C=O) groups is 1. The van der Waals surface area contributed by atoms with E-state index in [4.69, 9.17) is 5.11 Å². The first-order valence-electron chi connectivity index (χ1n) is 7.43. The molecule has 1 aliphatic heterocycles. The summed E-state index contributed by atoms with van der Waals surface area (Å²) in [4.78, 5) is 13.1. The van der Waals surface area contributed by atoms with E-state index < -0.39 is 5.97 Å². The van der Waals surface area contributed by atoms with Crippen LogP contribution in [0.15, 0.2) is 28.7 Å². The Balaban J connectivity index is 2.18. The molecule has 4 heteroatoms. The van der Waals surface area contributed by atoms with Gasteiger partial charge in [-0.15, -0.1) is 0 Å². The Morgan fingerprint density at radius 2 is 2.05 bits per heavy atom. The van der Waals surface area contributed by atoms with Crippen molar-refractivity contribution in [3.05, 3.63) is 34.3 Å². The minimum Gasteiger partial charge on any atom is -0.478 e. The molecule has 1 aromatic rings. The number of hydrogen-bond donors (Lipinski definition) is 1. The fourth-order valence-corrected chi connectivity index (χ4v) is 3.29. The van der Waals surface area contributed by atoms with Crippen molar-refractivity contribution in [2.24, 2.45) is 11.8 Å².